The number of nitrogens with zero attached hydrogens (tertiary/aromatic N) is 5. The molecule has 0 atom stereocenters. The van der Waals surface area contributed by atoms with Crippen molar-refractivity contribution in [2.45, 2.75) is 26.7 Å². The lowest BCUT2D eigenvalue weighted by molar-refractivity contribution is 0.786. The van der Waals surface area contributed by atoms with Crippen LogP contribution in [0.5, 0.6) is 0 Å². The Morgan fingerprint density at radius 2 is 2.10 bits per heavy atom. The highest BCUT2D eigenvalue weighted by molar-refractivity contribution is 5.87. The number of fused-ring (bicyclic) bond motifs is 1. The van der Waals surface area contributed by atoms with Crippen molar-refractivity contribution in [1.82, 2.24) is 25.2 Å². The molecule has 7 nitrogen and oxygen atoms in total. The highest BCUT2D eigenvalue weighted by Crippen LogP contribution is 2.29. The third-order valence-electron chi connectivity index (χ3n) is 3.60. The zero-order valence-electron chi connectivity index (χ0n) is 12.2. The molecule has 2 heterocycles. The van der Waals surface area contributed by atoms with Crippen LogP contribution in [0.2, 0.25) is 0 Å². The first-order valence-electron chi connectivity index (χ1n) is 6.76. The van der Waals surface area contributed by atoms with Crippen molar-refractivity contribution in [1.29, 1.82) is 0 Å². The molecular weight excluding hydrogens is 266 g/mol. The molecule has 108 valence electrons. The summed E-state index contributed by atoms with van der Waals surface area (Å²) in [6.07, 6.45) is 1.57. The van der Waals surface area contributed by atoms with Crippen LogP contribution in [0, 0.1) is 6.92 Å². The van der Waals surface area contributed by atoms with E-state index in [0.29, 0.717) is 11.7 Å². The topological polar surface area (TPSA) is 94.5 Å². The highest BCUT2D eigenvalue weighted by atomic mass is 15.5. The van der Waals surface area contributed by atoms with Gasteiger partial charge in [-0.2, -0.15) is 0 Å². The third kappa shape index (κ3) is 2.21. The summed E-state index contributed by atoms with van der Waals surface area (Å²) in [4.78, 5) is 4.67. The molecular formula is C14H17N7. The number of hydrogen-bond donors (Lipinski definition) is 2. The van der Waals surface area contributed by atoms with Gasteiger partial charge >= 0.3 is 0 Å². The highest BCUT2D eigenvalue weighted by Gasteiger charge is 2.13. The second-order valence-corrected chi connectivity index (χ2v) is 5.26. The molecule has 7 heteroatoms. The molecule has 0 unspecified atom stereocenters. The maximum Gasteiger partial charge on any atom is 0.144 e. The van der Waals surface area contributed by atoms with Crippen LogP contribution in [0.3, 0.4) is 0 Å². The standard InChI is InChI=1S/C14H17N7/c1-8(2)11-6-10-4-5-12(21-7-16-19-20-21)9(3)13(10)17-14(11)18-15/h4-8H,15H2,1-3H3,(H,17,18). The summed E-state index contributed by atoms with van der Waals surface area (Å²) in [5.74, 6) is 6.66. The molecule has 21 heavy (non-hydrogen) atoms. The third-order valence-corrected chi connectivity index (χ3v) is 3.60. The molecule has 0 amide bonds. The first kappa shape index (κ1) is 13.4. The van der Waals surface area contributed by atoms with Gasteiger partial charge in [0.05, 0.1) is 11.2 Å². The molecule has 0 fully saturated rings. The Hall–Kier alpha value is -2.54. The number of nitrogen functional groups attached to an aromatic ring is 1. The van der Waals surface area contributed by atoms with Gasteiger partial charge in [0.1, 0.15) is 12.1 Å². The van der Waals surface area contributed by atoms with Gasteiger partial charge < -0.3 is 5.43 Å². The smallest absolute Gasteiger partial charge is 0.144 e. The number of tetrazole rings is 1. The van der Waals surface area contributed by atoms with Crippen LogP contribution < -0.4 is 11.3 Å². The molecule has 0 spiro atoms. The predicted octanol–water partition coefficient (Wildman–Crippen LogP) is 1.93. The lowest BCUT2D eigenvalue weighted by Gasteiger charge is -2.15. The molecule has 0 aliphatic carbocycles. The van der Waals surface area contributed by atoms with Crippen molar-refractivity contribution >= 4 is 16.7 Å². The molecule has 0 aliphatic heterocycles. The molecule has 3 N–H and O–H groups in total. The Labute approximate surface area is 122 Å². The van der Waals surface area contributed by atoms with E-state index < -0.39 is 0 Å². The second kappa shape index (κ2) is 5.10. The molecule has 0 saturated heterocycles. The quantitative estimate of drug-likeness (QED) is 0.563. The zero-order valence-corrected chi connectivity index (χ0v) is 12.2. The van der Waals surface area contributed by atoms with Crippen LogP contribution >= 0.6 is 0 Å². The summed E-state index contributed by atoms with van der Waals surface area (Å²) in [6, 6.07) is 6.15. The molecule has 0 bridgehead atoms. The van der Waals surface area contributed by atoms with Gasteiger partial charge in [0.25, 0.3) is 0 Å². The maximum atomic E-state index is 5.61. The number of benzene rings is 1. The fourth-order valence-corrected chi connectivity index (χ4v) is 2.46. The molecule has 0 aliphatic rings. The van der Waals surface area contributed by atoms with Crippen molar-refractivity contribution < 1.29 is 0 Å². The first-order chi connectivity index (χ1) is 10.1. The molecule has 0 radical (unpaired) electrons. The van der Waals surface area contributed by atoms with E-state index in [1.165, 1.54) is 0 Å². The number of hydrogen-bond acceptors (Lipinski definition) is 6. The van der Waals surface area contributed by atoms with Gasteiger partial charge in [-0.05, 0) is 41.0 Å². The number of nitrogens with one attached hydrogen (secondary N) is 1. The summed E-state index contributed by atoms with van der Waals surface area (Å²) >= 11 is 0. The summed E-state index contributed by atoms with van der Waals surface area (Å²) < 4.78 is 1.63. The SMILES string of the molecule is Cc1c(-n2cnnn2)ccc2cc(C(C)C)c(NN)nc12. The van der Waals surface area contributed by atoms with Crippen molar-refractivity contribution in [3.8, 4) is 5.69 Å². The number of anilines is 1. The van der Waals surface area contributed by atoms with E-state index in [2.05, 4.69) is 45.8 Å². The second-order valence-electron chi connectivity index (χ2n) is 5.26. The van der Waals surface area contributed by atoms with E-state index in [4.69, 9.17) is 5.84 Å². The zero-order chi connectivity index (χ0) is 15.0. The number of nitrogens with two attached hydrogens (primary N) is 1. The molecule has 1 aromatic carbocycles. The van der Waals surface area contributed by atoms with Gasteiger partial charge in [0, 0.05) is 10.9 Å². The van der Waals surface area contributed by atoms with Crippen LogP contribution in [-0.2, 0) is 0 Å². The summed E-state index contributed by atoms with van der Waals surface area (Å²) in [5, 5.41) is 12.3. The van der Waals surface area contributed by atoms with Crippen molar-refractivity contribution in [2.75, 3.05) is 5.43 Å². The van der Waals surface area contributed by atoms with E-state index in [9.17, 15) is 0 Å². The summed E-state index contributed by atoms with van der Waals surface area (Å²) in [6.45, 7) is 6.24. The van der Waals surface area contributed by atoms with Crippen LogP contribution in [0.1, 0.15) is 30.9 Å². The Morgan fingerprint density at radius 1 is 1.29 bits per heavy atom. The number of aryl methyl sites for hydroxylation is 1. The molecule has 0 saturated carbocycles. The largest absolute Gasteiger partial charge is 0.308 e. The molecule has 3 aromatic rings. The Morgan fingerprint density at radius 3 is 2.71 bits per heavy atom. The fourth-order valence-electron chi connectivity index (χ4n) is 2.46. The average Bonchev–Trinajstić information content (AvgIpc) is 3.00. The summed E-state index contributed by atoms with van der Waals surface area (Å²) in [5.41, 5.74) is 6.59. The minimum Gasteiger partial charge on any atom is -0.308 e. The minimum atomic E-state index is 0.340. The lowest BCUT2D eigenvalue weighted by atomic mass is 10.00. The van der Waals surface area contributed by atoms with Gasteiger partial charge in [-0.25, -0.2) is 15.5 Å². The van der Waals surface area contributed by atoms with E-state index >= 15 is 0 Å². The van der Waals surface area contributed by atoms with E-state index in [-0.39, 0.29) is 0 Å². The van der Waals surface area contributed by atoms with Crippen LogP contribution in [0.4, 0.5) is 5.82 Å². The van der Waals surface area contributed by atoms with Gasteiger partial charge in [-0.1, -0.05) is 19.9 Å². The maximum absolute atomic E-state index is 5.61. The number of aromatic nitrogens is 5. The van der Waals surface area contributed by atoms with Crippen molar-refractivity contribution in [2.24, 2.45) is 5.84 Å². The average molecular weight is 283 g/mol. The lowest BCUT2D eigenvalue weighted by Crippen LogP contribution is -2.12. The Kier molecular flexibility index (Phi) is 3.26. The molecule has 2 aromatic heterocycles. The number of pyridine rings is 1. The Bertz CT molecular complexity index is 778. The van der Waals surface area contributed by atoms with Gasteiger partial charge in [0.2, 0.25) is 0 Å². The van der Waals surface area contributed by atoms with E-state index in [1.54, 1.807) is 11.0 Å². The molecule has 3 rings (SSSR count). The van der Waals surface area contributed by atoms with E-state index in [0.717, 1.165) is 27.7 Å². The number of hydrazine groups is 1. The monoisotopic (exact) mass is 283 g/mol. The predicted molar refractivity (Wildman–Crippen MR) is 81.1 cm³/mol. The minimum absolute atomic E-state index is 0.340. The van der Waals surface area contributed by atoms with Crippen LogP contribution in [-0.4, -0.2) is 25.2 Å². The van der Waals surface area contributed by atoms with Crippen molar-refractivity contribution in [3.05, 3.63) is 35.7 Å². The van der Waals surface area contributed by atoms with Gasteiger partial charge in [0.15, 0.2) is 0 Å². The first-order valence-corrected chi connectivity index (χ1v) is 6.76. The number of rotatable bonds is 3. The fraction of sp³-hybridized carbons (Fsp3) is 0.286. The summed E-state index contributed by atoms with van der Waals surface area (Å²) in [7, 11) is 0. The van der Waals surface area contributed by atoms with Crippen molar-refractivity contribution in [3.63, 3.8) is 0 Å². The van der Waals surface area contributed by atoms with Crippen LogP contribution in [0.25, 0.3) is 16.6 Å². The normalized spacial score (nSPS) is 11.3. The van der Waals surface area contributed by atoms with Gasteiger partial charge in [-0.15, -0.1) is 5.10 Å². The Balaban J connectivity index is 2.26. The van der Waals surface area contributed by atoms with Gasteiger partial charge in [-0.3, -0.25) is 0 Å². The van der Waals surface area contributed by atoms with Crippen LogP contribution in [0.15, 0.2) is 24.5 Å². The van der Waals surface area contributed by atoms with E-state index in [1.807, 2.05) is 19.1 Å².